The predicted molar refractivity (Wildman–Crippen MR) is 90.0 cm³/mol. The molecule has 22 heavy (non-hydrogen) atoms. The van der Waals surface area contributed by atoms with E-state index in [4.69, 9.17) is 5.11 Å². The van der Waals surface area contributed by atoms with Gasteiger partial charge in [-0.05, 0) is 12.0 Å². The van der Waals surface area contributed by atoms with Crippen molar-refractivity contribution < 1.29 is 14.7 Å². The number of aromatic nitrogens is 2. The van der Waals surface area contributed by atoms with Crippen molar-refractivity contribution in [3.8, 4) is 0 Å². The number of aryl methyl sites for hydroxylation is 1. The number of thiophene rings is 1. The van der Waals surface area contributed by atoms with Gasteiger partial charge in [-0.2, -0.15) is 5.10 Å². The molecular weight excluding hydrogens is 322 g/mol. The van der Waals surface area contributed by atoms with Crippen LogP contribution in [0.4, 0.5) is 0 Å². The number of nitrogens with one attached hydrogen (secondary N) is 1. The van der Waals surface area contributed by atoms with E-state index in [1.807, 2.05) is 17.8 Å². The highest BCUT2D eigenvalue weighted by Crippen LogP contribution is 2.31. The van der Waals surface area contributed by atoms with Gasteiger partial charge < -0.3 is 10.4 Å². The van der Waals surface area contributed by atoms with Crippen LogP contribution in [0.15, 0.2) is 6.07 Å². The fourth-order valence-electron chi connectivity index (χ4n) is 2.09. The van der Waals surface area contributed by atoms with Crippen molar-refractivity contribution in [1.29, 1.82) is 0 Å². The van der Waals surface area contributed by atoms with Gasteiger partial charge in [0.1, 0.15) is 4.83 Å². The van der Waals surface area contributed by atoms with Gasteiger partial charge in [0.2, 0.25) is 0 Å². The monoisotopic (exact) mass is 341 g/mol. The van der Waals surface area contributed by atoms with Crippen LogP contribution in [0.2, 0.25) is 0 Å². The summed E-state index contributed by atoms with van der Waals surface area (Å²) in [5.41, 5.74) is 1.00. The third-order valence-electron chi connectivity index (χ3n) is 3.07. The van der Waals surface area contributed by atoms with E-state index in [0.717, 1.165) is 15.9 Å². The Hall–Kier alpha value is -1.54. The highest BCUT2D eigenvalue weighted by atomic mass is 32.2. The molecule has 0 unspecified atom stereocenters. The van der Waals surface area contributed by atoms with E-state index in [0.29, 0.717) is 23.1 Å². The summed E-state index contributed by atoms with van der Waals surface area (Å²) in [5.74, 6) is -0.00722. The number of carbonyl (C=O) groups excluding carboxylic acids is 1. The SMILES string of the molecule is CC(C)c1nn(C)c2sc(C(=O)NCCSCC(=O)O)cc12. The van der Waals surface area contributed by atoms with Crippen LogP contribution in [0.1, 0.15) is 35.1 Å². The van der Waals surface area contributed by atoms with Crippen molar-refractivity contribution in [2.24, 2.45) is 7.05 Å². The zero-order valence-electron chi connectivity index (χ0n) is 12.8. The number of hydrogen-bond donors (Lipinski definition) is 2. The summed E-state index contributed by atoms with van der Waals surface area (Å²) >= 11 is 2.72. The average molecular weight is 341 g/mol. The number of nitrogens with zero attached hydrogens (tertiary/aromatic N) is 2. The average Bonchev–Trinajstić information content (AvgIpc) is 2.99. The summed E-state index contributed by atoms with van der Waals surface area (Å²) in [6, 6.07) is 1.89. The molecule has 2 aromatic heterocycles. The summed E-state index contributed by atoms with van der Waals surface area (Å²) in [4.78, 5) is 24.2. The molecule has 2 N–H and O–H groups in total. The molecule has 0 aliphatic carbocycles. The van der Waals surface area contributed by atoms with Crippen molar-refractivity contribution in [3.05, 3.63) is 16.6 Å². The molecule has 0 saturated heterocycles. The second-order valence-corrected chi connectivity index (χ2v) is 7.33. The minimum Gasteiger partial charge on any atom is -0.481 e. The molecule has 0 bridgehead atoms. The standard InChI is InChI=1S/C14H19N3O3S2/c1-8(2)12-9-6-10(22-14(9)17(3)16-12)13(20)15-4-5-21-7-11(18)19/h6,8H,4-5,7H2,1-3H3,(H,15,20)(H,18,19). The minimum absolute atomic E-state index is 0.0577. The van der Waals surface area contributed by atoms with E-state index in [1.54, 1.807) is 0 Å². The third-order valence-corrected chi connectivity index (χ3v) is 5.21. The van der Waals surface area contributed by atoms with Gasteiger partial charge in [0.05, 0.1) is 16.3 Å². The summed E-state index contributed by atoms with van der Waals surface area (Å²) in [6.07, 6.45) is 0. The second-order valence-electron chi connectivity index (χ2n) is 5.20. The first kappa shape index (κ1) is 16.8. The van der Waals surface area contributed by atoms with Crippen molar-refractivity contribution in [2.45, 2.75) is 19.8 Å². The Morgan fingerprint density at radius 2 is 2.23 bits per heavy atom. The maximum Gasteiger partial charge on any atom is 0.313 e. The third kappa shape index (κ3) is 3.80. The number of amides is 1. The van der Waals surface area contributed by atoms with Crippen LogP contribution in [-0.2, 0) is 11.8 Å². The fraction of sp³-hybridized carbons (Fsp3) is 0.500. The minimum atomic E-state index is -0.838. The molecule has 0 aliphatic heterocycles. The molecule has 2 aromatic rings. The van der Waals surface area contributed by atoms with Crippen LogP contribution >= 0.6 is 23.1 Å². The Balaban J connectivity index is 2.00. The normalized spacial score (nSPS) is 11.3. The lowest BCUT2D eigenvalue weighted by Gasteiger charge is -2.02. The van der Waals surface area contributed by atoms with Crippen LogP contribution in [0.25, 0.3) is 10.2 Å². The Bertz CT molecular complexity index is 691. The number of carbonyl (C=O) groups is 2. The molecule has 0 radical (unpaired) electrons. The zero-order valence-corrected chi connectivity index (χ0v) is 14.4. The quantitative estimate of drug-likeness (QED) is 0.755. The first-order valence-corrected chi connectivity index (χ1v) is 8.91. The molecule has 6 nitrogen and oxygen atoms in total. The predicted octanol–water partition coefficient (Wildman–Crippen LogP) is 2.31. The Morgan fingerprint density at radius 1 is 1.50 bits per heavy atom. The number of carboxylic acid groups (broad SMARTS) is 1. The largest absolute Gasteiger partial charge is 0.481 e. The molecule has 1 amide bonds. The van der Waals surface area contributed by atoms with Gasteiger partial charge in [-0.3, -0.25) is 14.3 Å². The highest BCUT2D eigenvalue weighted by Gasteiger charge is 2.18. The van der Waals surface area contributed by atoms with E-state index >= 15 is 0 Å². The summed E-state index contributed by atoms with van der Waals surface area (Å²) in [7, 11) is 1.88. The lowest BCUT2D eigenvalue weighted by Crippen LogP contribution is -2.25. The molecular formula is C14H19N3O3S2. The van der Waals surface area contributed by atoms with E-state index in [9.17, 15) is 9.59 Å². The van der Waals surface area contributed by atoms with Crippen molar-refractivity contribution >= 4 is 45.2 Å². The van der Waals surface area contributed by atoms with Crippen molar-refractivity contribution in [1.82, 2.24) is 15.1 Å². The molecule has 0 aliphatic rings. The van der Waals surface area contributed by atoms with Crippen LogP contribution < -0.4 is 5.32 Å². The lowest BCUT2D eigenvalue weighted by atomic mass is 10.1. The Morgan fingerprint density at radius 3 is 2.86 bits per heavy atom. The smallest absolute Gasteiger partial charge is 0.313 e. The number of fused-ring (bicyclic) bond motifs is 1. The van der Waals surface area contributed by atoms with E-state index < -0.39 is 5.97 Å². The molecule has 0 atom stereocenters. The van der Waals surface area contributed by atoms with Gasteiger partial charge >= 0.3 is 5.97 Å². The van der Waals surface area contributed by atoms with Gasteiger partial charge in [-0.15, -0.1) is 23.1 Å². The molecule has 0 fully saturated rings. The summed E-state index contributed by atoms with van der Waals surface area (Å²) < 4.78 is 1.81. The number of hydrogen-bond acceptors (Lipinski definition) is 5. The van der Waals surface area contributed by atoms with Gasteiger partial charge in [-0.1, -0.05) is 13.8 Å². The molecule has 8 heteroatoms. The van der Waals surface area contributed by atoms with Crippen molar-refractivity contribution in [2.75, 3.05) is 18.1 Å². The Kier molecular flexibility index (Phi) is 5.47. The van der Waals surface area contributed by atoms with Crippen molar-refractivity contribution in [3.63, 3.8) is 0 Å². The van der Waals surface area contributed by atoms with Gasteiger partial charge in [-0.25, -0.2) is 0 Å². The van der Waals surface area contributed by atoms with Gasteiger partial charge in [0, 0.05) is 24.7 Å². The number of carboxylic acids is 1. The summed E-state index contributed by atoms with van der Waals surface area (Å²) in [6.45, 7) is 4.62. The maximum atomic E-state index is 12.1. The van der Waals surface area contributed by atoms with E-state index in [2.05, 4.69) is 24.3 Å². The van der Waals surface area contributed by atoms with Crippen LogP contribution in [0.3, 0.4) is 0 Å². The van der Waals surface area contributed by atoms with Crippen LogP contribution in [0, 0.1) is 0 Å². The van der Waals surface area contributed by atoms with E-state index in [-0.39, 0.29) is 11.7 Å². The summed E-state index contributed by atoms with van der Waals surface area (Å²) in [5, 5.41) is 16.9. The van der Waals surface area contributed by atoms with Gasteiger partial charge in [0.15, 0.2) is 0 Å². The maximum absolute atomic E-state index is 12.1. The fourth-order valence-corrected chi connectivity index (χ4v) is 3.65. The number of thioether (sulfide) groups is 1. The Labute approximate surface area is 136 Å². The van der Waals surface area contributed by atoms with E-state index in [1.165, 1.54) is 23.1 Å². The zero-order chi connectivity index (χ0) is 16.3. The van der Waals surface area contributed by atoms with Crippen LogP contribution in [-0.4, -0.2) is 44.8 Å². The molecule has 2 heterocycles. The topological polar surface area (TPSA) is 84.2 Å². The van der Waals surface area contributed by atoms with Crippen LogP contribution in [0.5, 0.6) is 0 Å². The highest BCUT2D eigenvalue weighted by molar-refractivity contribution is 7.99. The molecule has 120 valence electrons. The molecule has 0 aromatic carbocycles. The molecule has 0 saturated carbocycles. The number of rotatable bonds is 7. The molecule has 2 rings (SSSR count). The number of aliphatic carboxylic acids is 1. The lowest BCUT2D eigenvalue weighted by molar-refractivity contribution is -0.133. The van der Waals surface area contributed by atoms with Gasteiger partial charge in [0.25, 0.3) is 5.91 Å². The first-order valence-electron chi connectivity index (χ1n) is 6.94. The second kappa shape index (κ2) is 7.15. The molecule has 0 spiro atoms. The first-order chi connectivity index (χ1) is 10.4.